The summed E-state index contributed by atoms with van der Waals surface area (Å²) in [4.78, 5) is 9.09. The van der Waals surface area contributed by atoms with Gasteiger partial charge in [-0.05, 0) is 26.0 Å². The van der Waals surface area contributed by atoms with Gasteiger partial charge in [0.2, 0.25) is 0 Å². The summed E-state index contributed by atoms with van der Waals surface area (Å²) in [5, 5.41) is 4.59. The summed E-state index contributed by atoms with van der Waals surface area (Å²) in [6.45, 7) is 4.57. The van der Waals surface area contributed by atoms with Crippen LogP contribution in [0.3, 0.4) is 0 Å². The third kappa shape index (κ3) is 3.97. The summed E-state index contributed by atoms with van der Waals surface area (Å²) >= 11 is 0. The second-order valence-electron chi connectivity index (χ2n) is 8.07. The van der Waals surface area contributed by atoms with E-state index in [9.17, 15) is 13.2 Å². The second kappa shape index (κ2) is 8.55. The zero-order valence-electron chi connectivity index (χ0n) is 18.1. The zero-order valence-corrected chi connectivity index (χ0v) is 18.1. The lowest BCUT2D eigenvalue weighted by Gasteiger charge is -2.19. The van der Waals surface area contributed by atoms with Crippen molar-refractivity contribution in [2.24, 2.45) is 0 Å². The van der Waals surface area contributed by atoms with Crippen LogP contribution in [-0.2, 0) is 4.74 Å². The van der Waals surface area contributed by atoms with E-state index in [0.717, 1.165) is 17.9 Å². The highest BCUT2D eigenvalue weighted by atomic mass is 19.3. The Morgan fingerprint density at radius 2 is 1.97 bits per heavy atom. The Bertz CT molecular complexity index is 1320. The Morgan fingerprint density at radius 3 is 2.73 bits per heavy atom. The minimum atomic E-state index is -2.90. The summed E-state index contributed by atoms with van der Waals surface area (Å²) in [7, 11) is 0. The molecule has 0 saturated carbocycles. The van der Waals surface area contributed by atoms with E-state index in [-0.39, 0.29) is 11.7 Å². The van der Waals surface area contributed by atoms with Crippen molar-refractivity contribution in [1.82, 2.24) is 9.97 Å². The Morgan fingerprint density at radius 1 is 1.15 bits per heavy atom. The molecule has 0 amide bonds. The van der Waals surface area contributed by atoms with E-state index in [1.54, 1.807) is 32.2 Å². The van der Waals surface area contributed by atoms with Gasteiger partial charge in [-0.15, -0.1) is 0 Å². The first-order chi connectivity index (χ1) is 15.9. The van der Waals surface area contributed by atoms with Crippen LogP contribution in [0, 0.1) is 12.7 Å². The molecule has 0 aliphatic carbocycles. The molecular formula is C24H22F3N3O3. The highest BCUT2D eigenvalue weighted by molar-refractivity contribution is 6.09. The lowest BCUT2D eigenvalue weighted by atomic mass is 10.0. The molecule has 1 saturated heterocycles. The Hall–Kier alpha value is -3.33. The van der Waals surface area contributed by atoms with Crippen LogP contribution in [0.1, 0.15) is 42.8 Å². The number of ether oxygens (including phenoxy) is 2. The molecule has 1 N–H and O–H groups in total. The predicted octanol–water partition coefficient (Wildman–Crippen LogP) is 6.10. The van der Waals surface area contributed by atoms with Crippen LogP contribution in [0.5, 0.6) is 5.75 Å². The fourth-order valence-corrected chi connectivity index (χ4v) is 4.14. The monoisotopic (exact) mass is 457 g/mol. The van der Waals surface area contributed by atoms with Gasteiger partial charge in [0.1, 0.15) is 23.6 Å². The van der Waals surface area contributed by atoms with Crippen molar-refractivity contribution in [1.29, 1.82) is 0 Å². The smallest absolute Gasteiger partial charge is 0.266 e. The second-order valence-corrected chi connectivity index (χ2v) is 8.07. The average Bonchev–Trinajstić information content (AvgIpc) is 3.46. The van der Waals surface area contributed by atoms with Gasteiger partial charge in [0.05, 0.1) is 42.0 Å². The maximum Gasteiger partial charge on any atom is 0.266 e. The number of hydrogen-bond acceptors (Lipinski definition) is 6. The molecule has 9 heteroatoms. The molecule has 6 nitrogen and oxygen atoms in total. The van der Waals surface area contributed by atoms with E-state index in [4.69, 9.17) is 13.9 Å². The normalized spacial score (nSPS) is 17.2. The van der Waals surface area contributed by atoms with Gasteiger partial charge in [0, 0.05) is 17.4 Å². The molecule has 5 rings (SSSR count). The summed E-state index contributed by atoms with van der Waals surface area (Å²) in [6.07, 6.45) is -0.649. The van der Waals surface area contributed by atoms with Crippen molar-refractivity contribution in [2.75, 3.05) is 18.5 Å². The molecular weight excluding hydrogens is 435 g/mol. The van der Waals surface area contributed by atoms with Crippen molar-refractivity contribution in [3.05, 3.63) is 59.4 Å². The highest BCUT2D eigenvalue weighted by Crippen LogP contribution is 2.38. The van der Waals surface area contributed by atoms with Crippen LogP contribution in [-0.4, -0.2) is 29.3 Å². The Balaban J connectivity index is 1.59. The van der Waals surface area contributed by atoms with Gasteiger partial charge in [0.25, 0.3) is 6.43 Å². The molecule has 2 atom stereocenters. The highest BCUT2D eigenvalue weighted by Gasteiger charge is 2.24. The molecule has 33 heavy (non-hydrogen) atoms. The number of alkyl halides is 2. The minimum Gasteiger partial charge on any atom is -0.484 e. The van der Waals surface area contributed by atoms with Crippen LogP contribution < -0.4 is 10.1 Å². The maximum absolute atomic E-state index is 14.7. The third-order valence-corrected chi connectivity index (χ3v) is 5.77. The number of fused-ring (bicyclic) bond motifs is 3. The van der Waals surface area contributed by atoms with Gasteiger partial charge in [-0.3, -0.25) is 0 Å². The van der Waals surface area contributed by atoms with E-state index in [1.807, 2.05) is 0 Å². The summed E-state index contributed by atoms with van der Waals surface area (Å²) in [5.41, 5.74) is 0.723. The molecule has 4 aromatic rings. The van der Waals surface area contributed by atoms with Gasteiger partial charge < -0.3 is 19.2 Å². The van der Waals surface area contributed by atoms with E-state index in [0.29, 0.717) is 47.1 Å². The number of aryl methyl sites for hydroxylation is 1. The first kappa shape index (κ1) is 21.5. The number of aromatic nitrogens is 2. The van der Waals surface area contributed by atoms with E-state index in [2.05, 4.69) is 15.3 Å². The van der Waals surface area contributed by atoms with Gasteiger partial charge in [-0.25, -0.2) is 23.1 Å². The van der Waals surface area contributed by atoms with E-state index in [1.165, 1.54) is 12.1 Å². The largest absolute Gasteiger partial charge is 0.484 e. The van der Waals surface area contributed by atoms with E-state index < -0.39 is 23.8 Å². The molecule has 1 unspecified atom stereocenters. The first-order valence-electron chi connectivity index (χ1n) is 10.7. The van der Waals surface area contributed by atoms with Gasteiger partial charge >= 0.3 is 0 Å². The Kier molecular flexibility index (Phi) is 5.57. The van der Waals surface area contributed by atoms with Crippen molar-refractivity contribution in [3.63, 3.8) is 0 Å². The lowest BCUT2D eigenvalue weighted by Crippen LogP contribution is -2.16. The molecule has 1 aliphatic rings. The summed E-state index contributed by atoms with van der Waals surface area (Å²) < 4.78 is 58.3. The third-order valence-electron chi connectivity index (χ3n) is 5.77. The van der Waals surface area contributed by atoms with Crippen LogP contribution in [0.4, 0.5) is 19.0 Å². The number of benzene rings is 2. The molecule has 0 spiro atoms. The van der Waals surface area contributed by atoms with Gasteiger partial charge in [-0.1, -0.05) is 18.2 Å². The number of furan rings is 1. The molecule has 3 heterocycles. The number of hydrogen-bond donors (Lipinski definition) is 1. The summed E-state index contributed by atoms with van der Waals surface area (Å²) in [6, 6.07) is 6.96. The Labute approximate surface area is 187 Å². The number of nitrogens with one attached hydrogen (secondary N) is 1. The van der Waals surface area contributed by atoms with Crippen molar-refractivity contribution >= 4 is 27.7 Å². The predicted molar refractivity (Wildman–Crippen MR) is 117 cm³/mol. The minimum absolute atomic E-state index is 0.0939. The van der Waals surface area contributed by atoms with Gasteiger partial charge in [-0.2, -0.15) is 0 Å². The van der Waals surface area contributed by atoms with Gasteiger partial charge in [0.15, 0.2) is 11.3 Å². The molecule has 1 aliphatic heterocycles. The maximum atomic E-state index is 14.7. The average molecular weight is 457 g/mol. The number of rotatable bonds is 6. The summed E-state index contributed by atoms with van der Waals surface area (Å²) in [5.74, 6) is 0.555. The van der Waals surface area contributed by atoms with Crippen molar-refractivity contribution in [2.45, 2.75) is 38.8 Å². The number of halogens is 3. The molecule has 0 radical (unpaired) electrons. The SMILES string of the molecule is Cc1nc(N[C@H](C)c2cccc(C(F)F)c2F)c2cc(OC3CCOC3)c3occc3c2n1. The molecule has 0 bridgehead atoms. The standard InChI is InChI=1S/C24H22F3N3O3/c1-12(15-4-3-5-16(20(15)25)23(26)27)28-24-18-10-19(33-14-6-8-31-11-14)22-17(7-9-32-22)21(18)29-13(2)30-24/h3-5,7,9-10,12,14,23H,6,8,11H2,1-2H3,(H,28,29,30)/t12-,14?/m1/s1. The molecule has 1 fully saturated rings. The number of anilines is 1. The fraction of sp³-hybridized carbons (Fsp3) is 0.333. The fourth-order valence-electron chi connectivity index (χ4n) is 4.14. The van der Waals surface area contributed by atoms with Crippen LogP contribution in [0.2, 0.25) is 0 Å². The van der Waals surface area contributed by atoms with Crippen LogP contribution in [0.25, 0.3) is 21.9 Å². The van der Waals surface area contributed by atoms with Crippen molar-refractivity contribution < 1.29 is 27.1 Å². The molecule has 172 valence electrons. The zero-order chi connectivity index (χ0) is 23.1. The van der Waals surface area contributed by atoms with Crippen LogP contribution >= 0.6 is 0 Å². The van der Waals surface area contributed by atoms with Crippen LogP contribution in [0.15, 0.2) is 41.0 Å². The van der Waals surface area contributed by atoms with Crippen molar-refractivity contribution in [3.8, 4) is 5.75 Å². The topological polar surface area (TPSA) is 69.4 Å². The molecule has 2 aromatic heterocycles. The quantitative estimate of drug-likeness (QED) is 0.377. The van der Waals surface area contributed by atoms with E-state index >= 15 is 0 Å². The number of nitrogens with zero attached hydrogens (tertiary/aromatic N) is 2. The first-order valence-corrected chi connectivity index (χ1v) is 10.7. The molecule has 2 aromatic carbocycles. The lowest BCUT2D eigenvalue weighted by molar-refractivity contribution is 0.141.